The molecule has 0 saturated carbocycles. The van der Waals surface area contributed by atoms with Gasteiger partial charge in [0.2, 0.25) is 0 Å². The van der Waals surface area contributed by atoms with E-state index in [0.29, 0.717) is 0 Å². The largest absolute Gasteiger partial charge is 0.336 e. The fourth-order valence-corrected chi connectivity index (χ4v) is 3.90. The Labute approximate surface area is 166 Å². The van der Waals surface area contributed by atoms with Crippen molar-refractivity contribution in [3.63, 3.8) is 0 Å². The zero-order valence-electron chi connectivity index (χ0n) is 16.7. The molecule has 0 atom stereocenters. The first-order valence-electron chi connectivity index (χ1n) is 10.0. The van der Waals surface area contributed by atoms with Gasteiger partial charge in [0, 0.05) is 63.5 Å². The molecule has 0 N–H and O–H groups in total. The highest BCUT2D eigenvalue weighted by molar-refractivity contribution is 6.02. The Morgan fingerprint density at radius 1 is 0.607 bits per heavy atom. The lowest BCUT2D eigenvalue weighted by atomic mass is 10.0. The Hall–Kier alpha value is -2.44. The van der Waals surface area contributed by atoms with Gasteiger partial charge in [-0.05, 0) is 49.1 Å². The van der Waals surface area contributed by atoms with Gasteiger partial charge in [-0.1, -0.05) is 12.1 Å². The van der Waals surface area contributed by atoms with Gasteiger partial charge < -0.3 is 19.6 Å². The highest BCUT2D eigenvalue weighted by Crippen LogP contribution is 2.21. The lowest BCUT2D eigenvalue weighted by molar-refractivity contribution is 0.0657. The van der Waals surface area contributed by atoms with Gasteiger partial charge in [0.1, 0.15) is 0 Å². The molecule has 6 nitrogen and oxygen atoms in total. The monoisotopic (exact) mass is 380 g/mol. The number of piperazine rings is 2. The van der Waals surface area contributed by atoms with Gasteiger partial charge in [-0.3, -0.25) is 9.59 Å². The van der Waals surface area contributed by atoms with Crippen molar-refractivity contribution in [1.29, 1.82) is 0 Å². The van der Waals surface area contributed by atoms with E-state index in [4.69, 9.17) is 0 Å². The van der Waals surface area contributed by atoms with E-state index in [-0.39, 0.29) is 11.8 Å². The van der Waals surface area contributed by atoms with Crippen molar-refractivity contribution in [2.45, 2.75) is 0 Å². The smallest absolute Gasteiger partial charge is 0.253 e. The zero-order valence-corrected chi connectivity index (χ0v) is 16.7. The number of rotatable bonds is 2. The maximum absolute atomic E-state index is 12.8. The first kappa shape index (κ1) is 18.9. The van der Waals surface area contributed by atoms with Crippen LogP contribution in [0.1, 0.15) is 20.7 Å². The van der Waals surface area contributed by atoms with E-state index in [1.54, 1.807) is 0 Å². The second-order valence-corrected chi connectivity index (χ2v) is 7.97. The van der Waals surface area contributed by atoms with E-state index in [1.165, 1.54) is 0 Å². The van der Waals surface area contributed by atoms with Crippen molar-refractivity contribution in [3.8, 4) is 0 Å². The van der Waals surface area contributed by atoms with Crippen LogP contribution < -0.4 is 0 Å². The number of amides is 2. The Bertz CT molecular complexity index is 808. The predicted molar refractivity (Wildman–Crippen MR) is 111 cm³/mol. The number of benzene rings is 2. The van der Waals surface area contributed by atoms with Gasteiger partial charge in [0.25, 0.3) is 11.8 Å². The Morgan fingerprint density at radius 2 is 0.964 bits per heavy atom. The zero-order chi connectivity index (χ0) is 19.7. The third kappa shape index (κ3) is 3.88. The van der Waals surface area contributed by atoms with Crippen molar-refractivity contribution in [1.82, 2.24) is 19.6 Å². The number of hydrogen-bond acceptors (Lipinski definition) is 4. The highest BCUT2D eigenvalue weighted by atomic mass is 16.2. The van der Waals surface area contributed by atoms with Crippen LogP contribution in [0.5, 0.6) is 0 Å². The fraction of sp³-hybridized carbons (Fsp3) is 0.455. The van der Waals surface area contributed by atoms with Crippen LogP contribution in [-0.4, -0.2) is 97.9 Å². The SMILES string of the molecule is CN1CCN(C(=O)c2ccc3cc(C(=O)N4CCN(C)CC4)ccc3c2)CC1. The molecule has 6 heteroatoms. The molecule has 4 rings (SSSR count). The molecule has 0 spiro atoms. The van der Waals surface area contributed by atoms with Crippen LogP contribution in [0.2, 0.25) is 0 Å². The summed E-state index contributed by atoms with van der Waals surface area (Å²) < 4.78 is 0. The van der Waals surface area contributed by atoms with Gasteiger partial charge in [0.15, 0.2) is 0 Å². The van der Waals surface area contributed by atoms with Crippen molar-refractivity contribution >= 4 is 22.6 Å². The molecular weight excluding hydrogens is 352 g/mol. The molecule has 2 saturated heterocycles. The molecule has 2 amide bonds. The Morgan fingerprint density at radius 3 is 1.32 bits per heavy atom. The van der Waals surface area contributed by atoms with E-state index < -0.39 is 0 Å². The molecule has 0 bridgehead atoms. The third-order valence-corrected chi connectivity index (χ3v) is 5.92. The molecule has 0 aliphatic carbocycles. The molecule has 2 fully saturated rings. The molecule has 148 valence electrons. The third-order valence-electron chi connectivity index (χ3n) is 5.92. The summed E-state index contributed by atoms with van der Waals surface area (Å²) in [7, 11) is 4.16. The normalized spacial score (nSPS) is 19.2. The topological polar surface area (TPSA) is 47.1 Å². The minimum Gasteiger partial charge on any atom is -0.336 e. The van der Waals surface area contributed by atoms with Gasteiger partial charge in [-0.25, -0.2) is 0 Å². The van der Waals surface area contributed by atoms with E-state index in [1.807, 2.05) is 46.2 Å². The molecule has 0 unspecified atom stereocenters. The van der Waals surface area contributed by atoms with Crippen LogP contribution in [0.4, 0.5) is 0 Å². The van der Waals surface area contributed by atoms with Gasteiger partial charge in [-0.15, -0.1) is 0 Å². The highest BCUT2D eigenvalue weighted by Gasteiger charge is 2.22. The summed E-state index contributed by atoms with van der Waals surface area (Å²) >= 11 is 0. The average Bonchev–Trinajstić information content (AvgIpc) is 2.73. The number of carbonyl (C=O) groups is 2. The second-order valence-electron chi connectivity index (χ2n) is 7.97. The van der Waals surface area contributed by atoms with Crippen LogP contribution in [0.3, 0.4) is 0 Å². The Kier molecular flexibility index (Phi) is 5.33. The Balaban J connectivity index is 1.51. The van der Waals surface area contributed by atoms with Gasteiger partial charge in [-0.2, -0.15) is 0 Å². The number of fused-ring (bicyclic) bond motifs is 1. The predicted octanol–water partition coefficient (Wildman–Crippen LogP) is 1.61. The number of likely N-dealkylation sites (N-methyl/N-ethyl adjacent to an activating group) is 2. The molecule has 2 aliphatic rings. The molecule has 2 aromatic carbocycles. The molecule has 0 aromatic heterocycles. The fourth-order valence-electron chi connectivity index (χ4n) is 3.90. The summed E-state index contributed by atoms with van der Waals surface area (Å²) in [6.45, 7) is 6.73. The van der Waals surface area contributed by atoms with Crippen LogP contribution >= 0.6 is 0 Å². The van der Waals surface area contributed by atoms with Gasteiger partial charge >= 0.3 is 0 Å². The lowest BCUT2D eigenvalue weighted by Crippen LogP contribution is -2.47. The molecule has 2 heterocycles. The van der Waals surface area contributed by atoms with E-state index >= 15 is 0 Å². The lowest BCUT2D eigenvalue weighted by Gasteiger charge is -2.32. The van der Waals surface area contributed by atoms with Crippen LogP contribution in [0.25, 0.3) is 10.8 Å². The van der Waals surface area contributed by atoms with E-state index in [2.05, 4.69) is 23.9 Å². The summed E-state index contributed by atoms with van der Waals surface area (Å²) in [5, 5.41) is 1.99. The summed E-state index contributed by atoms with van der Waals surface area (Å²) in [5.74, 6) is 0.181. The minimum atomic E-state index is 0.0904. The maximum Gasteiger partial charge on any atom is 0.253 e. The molecule has 2 aromatic rings. The number of nitrogens with zero attached hydrogens (tertiary/aromatic N) is 4. The minimum absolute atomic E-state index is 0.0904. The summed E-state index contributed by atoms with van der Waals surface area (Å²) in [4.78, 5) is 33.9. The molecule has 2 aliphatic heterocycles. The summed E-state index contributed by atoms with van der Waals surface area (Å²) in [6, 6.07) is 11.6. The molecular formula is C22H28N4O2. The van der Waals surface area contributed by atoms with Crippen LogP contribution in [0, 0.1) is 0 Å². The molecule has 0 radical (unpaired) electrons. The number of carbonyl (C=O) groups excluding carboxylic acids is 2. The van der Waals surface area contributed by atoms with Crippen molar-refractivity contribution in [2.24, 2.45) is 0 Å². The first-order valence-corrected chi connectivity index (χ1v) is 10.0. The first-order chi connectivity index (χ1) is 13.5. The van der Waals surface area contributed by atoms with Crippen molar-refractivity contribution < 1.29 is 9.59 Å². The van der Waals surface area contributed by atoms with Crippen LogP contribution in [0.15, 0.2) is 36.4 Å². The van der Waals surface area contributed by atoms with E-state index in [0.717, 1.165) is 74.3 Å². The molecule has 28 heavy (non-hydrogen) atoms. The van der Waals surface area contributed by atoms with Gasteiger partial charge in [0.05, 0.1) is 0 Å². The average molecular weight is 380 g/mol. The van der Waals surface area contributed by atoms with Crippen molar-refractivity contribution in [2.75, 3.05) is 66.5 Å². The maximum atomic E-state index is 12.8. The second kappa shape index (κ2) is 7.89. The summed E-state index contributed by atoms with van der Waals surface area (Å²) in [6.07, 6.45) is 0. The quantitative estimate of drug-likeness (QED) is 0.794. The van der Waals surface area contributed by atoms with Crippen LogP contribution in [-0.2, 0) is 0 Å². The number of hydrogen-bond donors (Lipinski definition) is 0. The standard InChI is InChI=1S/C22H28N4O2/c1-23-7-11-25(12-8-23)21(27)19-5-3-18-16-20(6-4-17(18)15-19)22(28)26-13-9-24(2)10-14-26/h3-6,15-16H,7-14H2,1-2H3. The van der Waals surface area contributed by atoms with E-state index in [9.17, 15) is 9.59 Å². The summed E-state index contributed by atoms with van der Waals surface area (Å²) in [5.41, 5.74) is 1.44. The van der Waals surface area contributed by atoms with Crippen molar-refractivity contribution in [3.05, 3.63) is 47.5 Å².